The first-order valence-corrected chi connectivity index (χ1v) is 9.50. The van der Waals surface area contributed by atoms with Crippen molar-refractivity contribution in [2.45, 2.75) is 38.1 Å². The molecular formula is C17H23N5OS. The van der Waals surface area contributed by atoms with Gasteiger partial charge in [-0.1, -0.05) is 0 Å². The minimum Gasteiger partial charge on any atom is -0.332 e. The molecule has 24 heavy (non-hydrogen) atoms. The molecule has 1 unspecified atom stereocenters. The number of nitrogens with one attached hydrogen (secondary N) is 1. The van der Waals surface area contributed by atoms with Crippen molar-refractivity contribution in [2.75, 3.05) is 13.1 Å². The van der Waals surface area contributed by atoms with Crippen LogP contribution in [0.2, 0.25) is 0 Å². The first-order chi connectivity index (χ1) is 11.7. The molecule has 1 saturated heterocycles. The molecule has 4 rings (SSSR count). The Balaban J connectivity index is 1.24. The van der Waals surface area contributed by atoms with Crippen LogP contribution >= 0.6 is 11.3 Å². The topological polar surface area (TPSA) is 63.1 Å². The molecule has 2 fully saturated rings. The van der Waals surface area contributed by atoms with Crippen LogP contribution in [0.1, 0.15) is 41.4 Å². The van der Waals surface area contributed by atoms with Crippen molar-refractivity contribution in [3.8, 4) is 0 Å². The van der Waals surface area contributed by atoms with E-state index in [-0.39, 0.29) is 6.03 Å². The lowest BCUT2D eigenvalue weighted by Gasteiger charge is -2.17. The number of nitrogens with zero attached hydrogens (tertiary/aromatic N) is 4. The van der Waals surface area contributed by atoms with E-state index in [0.29, 0.717) is 18.4 Å². The van der Waals surface area contributed by atoms with Crippen molar-refractivity contribution in [1.29, 1.82) is 0 Å². The molecule has 6 nitrogen and oxygen atoms in total. The van der Waals surface area contributed by atoms with Crippen LogP contribution in [-0.4, -0.2) is 38.8 Å². The standard InChI is InChI=1S/C17H23N5OS/c1-21-9-13(7-19-21)6-12-4-5-22(10-12)17(23)18-8-15-11-24-16(20-15)14-2-3-14/h7,9,11-12,14H,2-6,8,10H2,1H3,(H,18,23). The van der Waals surface area contributed by atoms with Crippen LogP contribution < -0.4 is 5.32 Å². The molecule has 0 aromatic carbocycles. The average Bonchev–Trinajstić information content (AvgIpc) is 2.98. The summed E-state index contributed by atoms with van der Waals surface area (Å²) < 4.78 is 1.83. The van der Waals surface area contributed by atoms with Crippen LogP contribution in [0.3, 0.4) is 0 Å². The Hall–Kier alpha value is -1.89. The number of thiazole rings is 1. The SMILES string of the molecule is Cn1cc(CC2CCN(C(=O)NCc3csc(C4CC4)n3)C2)cn1. The normalized spacial score (nSPS) is 20.5. The quantitative estimate of drug-likeness (QED) is 0.906. The Morgan fingerprint density at radius 1 is 1.42 bits per heavy atom. The third-order valence-corrected chi connectivity index (χ3v) is 5.83. The second-order valence-electron chi connectivity index (χ2n) is 6.94. The Morgan fingerprint density at radius 3 is 3.04 bits per heavy atom. The van der Waals surface area contributed by atoms with Crippen LogP contribution in [-0.2, 0) is 20.0 Å². The molecule has 1 saturated carbocycles. The molecule has 2 aliphatic rings. The Labute approximate surface area is 145 Å². The Morgan fingerprint density at radius 2 is 2.29 bits per heavy atom. The molecule has 2 aromatic heterocycles. The van der Waals surface area contributed by atoms with Crippen LogP contribution in [0.4, 0.5) is 4.79 Å². The van der Waals surface area contributed by atoms with Gasteiger partial charge in [-0.25, -0.2) is 9.78 Å². The van der Waals surface area contributed by atoms with Gasteiger partial charge < -0.3 is 10.2 Å². The van der Waals surface area contributed by atoms with E-state index in [1.54, 1.807) is 11.3 Å². The van der Waals surface area contributed by atoms with Crippen LogP contribution in [0.25, 0.3) is 0 Å². The molecule has 1 aliphatic heterocycles. The van der Waals surface area contributed by atoms with Gasteiger partial charge in [0.05, 0.1) is 23.4 Å². The highest BCUT2D eigenvalue weighted by molar-refractivity contribution is 7.09. The van der Waals surface area contributed by atoms with Crippen LogP contribution in [0.5, 0.6) is 0 Å². The lowest BCUT2D eigenvalue weighted by atomic mass is 10.0. The van der Waals surface area contributed by atoms with Crippen molar-refractivity contribution >= 4 is 17.4 Å². The predicted molar refractivity (Wildman–Crippen MR) is 92.9 cm³/mol. The van der Waals surface area contributed by atoms with E-state index in [9.17, 15) is 4.79 Å². The number of likely N-dealkylation sites (tertiary alicyclic amines) is 1. The highest BCUT2D eigenvalue weighted by atomic mass is 32.1. The molecular weight excluding hydrogens is 322 g/mol. The first-order valence-electron chi connectivity index (χ1n) is 8.62. The van der Waals surface area contributed by atoms with Crippen molar-refractivity contribution < 1.29 is 4.79 Å². The predicted octanol–water partition coefficient (Wildman–Crippen LogP) is 2.53. The van der Waals surface area contributed by atoms with Gasteiger partial charge in [-0.3, -0.25) is 4.68 Å². The van der Waals surface area contributed by atoms with Gasteiger partial charge in [-0.15, -0.1) is 11.3 Å². The lowest BCUT2D eigenvalue weighted by Crippen LogP contribution is -2.38. The van der Waals surface area contributed by atoms with Gasteiger partial charge in [0.2, 0.25) is 0 Å². The molecule has 1 aliphatic carbocycles. The summed E-state index contributed by atoms with van der Waals surface area (Å²) in [6.07, 6.45) is 8.57. The van der Waals surface area contributed by atoms with Crippen molar-refractivity contribution in [1.82, 2.24) is 25.0 Å². The first kappa shape index (κ1) is 15.6. The third-order valence-electron chi connectivity index (χ3n) is 4.77. The summed E-state index contributed by atoms with van der Waals surface area (Å²) in [5.41, 5.74) is 2.24. The van der Waals surface area contributed by atoms with E-state index in [4.69, 9.17) is 0 Å². The van der Waals surface area contributed by atoms with Gasteiger partial charge >= 0.3 is 6.03 Å². The van der Waals surface area contributed by atoms with Gasteiger partial charge in [0, 0.05) is 37.6 Å². The Bertz CT molecular complexity index is 720. The second-order valence-corrected chi connectivity index (χ2v) is 7.83. The second kappa shape index (κ2) is 6.55. The number of rotatable bonds is 5. The van der Waals surface area contributed by atoms with Gasteiger partial charge in [-0.2, -0.15) is 5.10 Å². The van der Waals surface area contributed by atoms with E-state index in [1.165, 1.54) is 23.4 Å². The number of hydrogen-bond donors (Lipinski definition) is 1. The van der Waals surface area contributed by atoms with Crippen molar-refractivity contribution in [3.05, 3.63) is 34.0 Å². The number of carbonyl (C=O) groups is 1. The number of aromatic nitrogens is 3. The highest BCUT2D eigenvalue weighted by Crippen LogP contribution is 2.41. The molecule has 7 heteroatoms. The van der Waals surface area contributed by atoms with Crippen molar-refractivity contribution in [3.63, 3.8) is 0 Å². The van der Waals surface area contributed by atoms with Crippen LogP contribution in [0, 0.1) is 5.92 Å². The number of amides is 2. The third kappa shape index (κ3) is 3.61. The maximum Gasteiger partial charge on any atom is 0.317 e. The number of aryl methyl sites for hydroxylation is 1. The van der Waals surface area contributed by atoms with E-state index in [1.807, 2.05) is 22.8 Å². The highest BCUT2D eigenvalue weighted by Gasteiger charge is 2.28. The van der Waals surface area contributed by atoms with Gasteiger partial charge in [0.25, 0.3) is 0 Å². The maximum absolute atomic E-state index is 12.3. The van der Waals surface area contributed by atoms with E-state index in [2.05, 4.69) is 27.0 Å². The lowest BCUT2D eigenvalue weighted by molar-refractivity contribution is 0.206. The number of urea groups is 1. The van der Waals surface area contributed by atoms with E-state index < -0.39 is 0 Å². The molecule has 1 atom stereocenters. The fourth-order valence-corrected chi connectivity index (χ4v) is 4.28. The molecule has 2 aromatic rings. The van der Waals surface area contributed by atoms with Gasteiger partial charge in [0.1, 0.15) is 0 Å². The summed E-state index contributed by atoms with van der Waals surface area (Å²) in [6.45, 7) is 2.19. The van der Waals surface area contributed by atoms with Gasteiger partial charge in [-0.05, 0) is 37.2 Å². The summed E-state index contributed by atoms with van der Waals surface area (Å²) in [6, 6.07) is 0.0321. The molecule has 0 bridgehead atoms. The fraction of sp³-hybridized carbons (Fsp3) is 0.588. The van der Waals surface area contributed by atoms with Crippen molar-refractivity contribution in [2.24, 2.45) is 13.0 Å². The monoisotopic (exact) mass is 345 g/mol. The zero-order valence-electron chi connectivity index (χ0n) is 13.9. The zero-order valence-corrected chi connectivity index (χ0v) is 14.8. The summed E-state index contributed by atoms with van der Waals surface area (Å²) in [4.78, 5) is 18.9. The molecule has 3 heterocycles. The van der Waals surface area contributed by atoms with Crippen LogP contribution in [0.15, 0.2) is 17.8 Å². The minimum atomic E-state index is 0.0321. The fourth-order valence-electron chi connectivity index (χ4n) is 3.29. The summed E-state index contributed by atoms with van der Waals surface area (Å²) >= 11 is 1.72. The summed E-state index contributed by atoms with van der Waals surface area (Å²) in [5, 5.41) is 10.5. The Kier molecular flexibility index (Phi) is 4.26. The summed E-state index contributed by atoms with van der Waals surface area (Å²) in [5.74, 6) is 1.21. The average molecular weight is 345 g/mol. The molecule has 1 N–H and O–H groups in total. The number of hydrogen-bond acceptors (Lipinski definition) is 4. The van der Waals surface area contributed by atoms with E-state index >= 15 is 0 Å². The van der Waals surface area contributed by atoms with E-state index in [0.717, 1.165) is 31.6 Å². The maximum atomic E-state index is 12.3. The van der Waals surface area contributed by atoms with Gasteiger partial charge in [0.15, 0.2) is 0 Å². The zero-order chi connectivity index (χ0) is 16.5. The smallest absolute Gasteiger partial charge is 0.317 e. The molecule has 2 amide bonds. The summed E-state index contributed by atoms with van der Waals surface area (Å²) in [7, 11) is 1.94. The largest absolute Gasteiger partial charge is 0.332 e. The number of carbonyl (C=O) groups excluding carboxylic acids is 1. The minimum absolute atomic E-state index is 0.0321. The molecule has 0 radical (unpaired) electrons. The molecule has 128 valence electrons. The molecule has 0 spiro atoms.